The van der Waals surface area contributed by atoms with Gasteiger partial charge in [0.1, 0.15) is 6.17 Å². The fraction of sp³-hybridized carbons (Fsp3) is 0.100. The maximum Gasteiger partial charge on any atom is 0.258 e. The van der Waals surface area contributed by atoms with Crippen LogP contribution in [-0.4, -0.2) is 27.1 Å². The first-order valence-corrected chi connectivity index (χ1v) is 8.15. The molecule has 0 bridgehead atoms. The van der Waals surface area contributed by atoms with E-state index < -0.39 is 0 Å². The van der Waals surface area contributed by atoms with E-state index in [1.165, 1.54) is 0 Å². The highest BCUT2D eigenvalue weighted by Gasteiger charge is 2.31. The lowest BCUT2D eigenvalue weighted by Crippen LogP contribution is -2.42. The Balaban J connectivity index is 1.70. The van der Waals surface area contributed by atoms with Gasteiger partial charge < -0.3 is 10.2 Å². The topological polar surface area (TPSA) is 50.2 Å². The molecule has 0 fully saturated rings. The number of para-hydroxylation sites is 1. The summed E-state index contributed by atoms with van der Waals surface area (Å²) in [6, 6.07) is 17.5. The van der Waals surface area contributed by atoms with Crippen molar-refractivity contribution in [1.29, 1.82) is 0 Å². The predicted molar refractivity (Wildman–Crippen MR) is 97.6 cm³/mol. The summed E-state index contributed by atoms with van der Waals surface area (Å²) in [4.78, 5) is 14.7. The number of amides is 1. The van der Waals surface area contributed by atoms with Crippen LogP contribution in [0.3, 0.4) is 0 Å². The van der Waals surface area contributed by atoms with E-state index in [1.54, 1.807) is 21.9 Å². The first-order valence-electron chi connectivity index (χ1n) is 8.15. The number of nitrogens with zero attached hydrogens (tertiary/aromatic N) is 3. The highest BCUT2D eigenvalue weighted by atomic mass is 16.2. The summed E-state index contributed by atoms with van der Waals surface area (Å²) in [5.74, 6) is 0.00963. The van der Waals surface area contributed by atoms with E-state index in [-0.39, 0.29) is 12.1 Å². The third-order valence-electron chi connectivity index (χ3n) is 4.33. The molecule has 2 heterocycles. The third kappa shape index (κ3) is 2.70. The number of hydrogen-bond acceptors (Lipinski definition) is 3. The Labute approximate surface area is 146 Å². The summed E-state index contributed by atoms with van der Waals surface area (Å²) >= 11 is 0. The molecule has 5 heteroatoms. The molecule has 1 N–H and O–H groups in total. The summed E-state index contributed by atoms with van der Waals surface area (Å²) < 4.78 is 1.81. The average molecular weight is 330 g/mol. The number of rotatable bonds is 4. The second-order valence-electron chi connectivity index (χ2n) is 5.88. The molecule has 0 saturated heterocycles. The van der Waals surface area contributed by atoms with Gasteiger partial charge in [0.25, 0.3) is 5.91 Å². The molecule has 124 valence electrons. The van der Waals surface area contributed by atoms with Crippen molar-refractivity contribution in [3.05, 3.63) is 90.8 Å². The van der Waals surface area contributed by atoms with E-state index in [9.17, 15) is 4.79 Å². The van der Waals surface area contributed by atoms with Crippen LogP contribution in [0.2, 0.25) is 0 Å². The summed E-state index contributed by atoms with van der Waals surface area (Å²) in [5.41, 5.74) is 3.54. The van der Waals surface area contributed by atoms with Crippen LogP contribution >= 0.6 is 0 Å². The van der Waals surface area contributed by atoms with Crippen molar-refractivity contribution in [2.24, 2.45) is 0 Å². The molecule has 0 aliphatic carbocycles. The van der Waals surface area contributed by atoms with Crippen LogP contribution in [0.25, 0.3) is 5.69 Å². The Morgan fingerprint density at radius 2 is 1.92 bits per heavy atom. The Kier molecular flexibility index (Phi) is 3.82. The fourth-order valence-corrected chi connectivity index (χ4v) is 3.11. The van der Waals surface area contributed by atoms with Crippen molar-refractivity contribution in [3.63, 3.8) is 0 Å². The van der Waals surface area contributed by atoms with Gasteiger partial charge in [-0.2, -0.15) is 5.10 Å². The van der Waals surface area contributed by atoms with E-state index in [2.05, 4.69) is 17.0 Å². The van der Waals surface area contributed by atoms with Crippen molar-refractivity contribution >= 4 is 11.6 Å². The first kappa shape index (κ1) is 15.2. The van der Waals surface area contributed by atoms with Crippen LogP contribution in [0, 0.1) is 0 Å². The highest BCUT2D eigenvalue weighted by molar-refractivity contribution is 6.01. The van der Waals surface area contributed by atoms with Crippen molar-refractivity contribution in [2.75, 3.05) is 11.9 Å². The molecule has 1 unspecified atom stereocenters. The van der Waals surface area contributed by atoms with Gasteiger partial charge in [-0.25, -0.2) is 4.68 Å². The van der Waals surface area contributed by atoms with Crippen LogP contribution in [0.4, 0.5) is 5.69 Å². The fourth-order valence-electron chi connectivity index (χ4n) is 3.11. The van der Waals surface area contributed by atoms with E-state index in [0.29, 0.717) is 12.1 Å². The van der Waals surface area contributed by atoms with Crippen molar-refractivity contribution in [3.8, 4) is 5.69 Å². The molecule has 5 nitrogen and oxygen atoms in total. The Morgan fingerprint density at radius 3 is 2.64 bits per heavy atom. The largest absolute Gasteiger partial charge is 0.361 e. The molecule has 1 aliphatic heterocycles. The van der Waals surface area contributed by atoms with Crippen LogP contribution < -0.4 is 5.32 Å². The zero-order valence-corrected chi connectivity index (χ0v) is 13.7. The van der Waals surface area contributed by atoms with E-state index in [0.717, 1.165) is 16.9 Å². The monoisotopic (exact) mass is 330 g/mol. The number of hydrogen-bond donors (Lipinski definition) is 1. The summed E-state index contributed by atoms with van der Waals surface area (Å²) in [6.45, 7) is 4.27. The molecule has 2 aromatic carbocycles. The average Bonchev–Trinajstić information content (AvgIpc) is 3.19. The number of benzene rings is 2. The second kappa shape index (κ2) is 6.28. The van der Waals surface area contributed by atoms with E-state index >= 15 is 0 Å². The number of carbonyl (C=O) groups excluding carboxylic acids is 1. The summed E-state index contributed by atoms with van der Waals surface area (Å²) in [6.07, 6.45) is 5.17. The normalized spacial score (nSPS) is 16.2. The maximum absolute atomic E-state index is 12.9. The Morgan fingerprint density at radius 1 is 1.12 bits per heavy atom. The third-order valence-corrected chi connectivity index (χ3v) is 4.33. The van der Waals surface area contributed by atoms with Gasteiger partial charge in [-0.15, -0.1) is 6.58 Å². The molecule has 4 rings (SSSR count). The van der Waals surface area contributed by atoms with Gasteiger partial charge in [0.15, 0.2) is 0 Å². The molecule has 1 amide bonds. The van der Waals surface area contributed by atoms with Gasteiger partial charge in [-0.3, -0.25) is 4.79 Å². The van der Waals surface area contributed by atoms with Crippen molar-refractivity contribution in [1.82, 2.24) is 14.7 Å². The Hall–Kier alpha value is -3.34. The van der Waals surface area contributed by atoms with Crippen molar-refractivity contribution in [2.45, 2.75) is 6.17 Å². The smallest absolute Gasteiger partial charge is 0.258 e. The van der Waals surface area contributed by atoms with Gasteiger partial charge in [-0.05, 0) is 35.9 Å². The van der Waals surface area contributed by atoms with Gasteiger partial charge >= 0.3 is 0 Å². The maximum atomic E-state index is 12.9. The van der Waals surface area contributed by atoms with Crippen LogP contribution in [-0.2, 0) is 0 Å². The number of carbonyl (C=O) groups is 1. The predicted octanol–water partition coefficient (Wildman–Crippen LogP) is 3.62. The number of nitrogens with one attached hydrogen (secondary N) is 1. The lowest BCUT2D eigenvalue weighted by molar-refractivity contribution is 0.0707. The molecule has 0 saturated carbocycles. The highest BCUT2D eigenvalue weighted by Crippen LogP contribution is 2.33. The number of aromatic nitrogens is 2. The molecule has 0 spiro atoms. The lowest BCUT2D eigenvalue weighted by atomic mass is 10.0. The SMILES string of the molecule is C=CCN1C(=O)c2ccccc2NC1c1ccc(-n2cccn2)cc1. The minimum Gasteiger partial charge on any atom is -0.361 e. The second-order valence-corrected chi connectivity index (χ2v) is 5.88. The van der Waals surface area contributed by atoms with Crippen molar-refractivity contribution < 1.29 is 4.79 Å². The number of fused-ring (bicyclic) bond motifs is 1. The van der Waals surface area contributed by atoms with Gasteiger partial charge in [0.05, 0.1) is 11.3 Å². The molecule has 1 atom stereocenters. The standard InChI is InChI=1S/C20H18N4O/c1-2-13-23-19(22-18-7-4-3-6-17(18)20(23)25)15-8-10-16(11-9-15)24-14-5-12-21-24/h2-12,14,19,22H,1,13H2. The Bertz CT molecular complexity index is 900. The zero-order chi connectivity index (χ0) is 17.2. The van der Waals surface area contributed by atoms with Gasteiger partial charge in [0.2, 0.25) is 0 Å². The summed E-state index contributed by atoms with van der Waals surface area (Å²) in [7, 11) is 0. The first-order chi connectivity index (χ1) is 12.3. The molecule has 0 radical (unpaired) electrons. The minimum absolute atomic E-state index is 0.00963. The molecular formula is C20H18N4O. The van der Waals surface area contributed by atoms with Crippen LogP contribution in [0.15, 0.2) is 79.6 Å². The zero-order valence-electron chi connectivity index (χ0n) is 13.7. The van der Waals surface area contributed by atoms with Gasteiger partial charge in [0, 0.05) is 24.6 Å². The quantitative estimate of drug-likeness (QED) is 0.743. The molecule has 3 aromatic rings. The van der Waals surface area contributed by atoms with E-state index in [4.69, 9.17) is 0 Å². The molecule has 1 aromatic heterocycles. The summed E-state index contributed by atoms with van der Waals surface area (Å²) in [5, 5.41) is 7.71. The van der Waals surface area contributed by atoms with E-state index in [1.807, 2.05) is 60.8 Å². The molecule has 25 heavy (non-hydrogen) atoms. The number of anilines is 1. The minimum atomic E-state index is -0.230. The molecular weight excluding hydrogens is 312 g/mol. The lowest BCUT2D eigenvalue weighted by Gasteiger charge is -2.37. The molecule has 1 aliphatic rings. The van der Waals surface area contributed by atoms with Gasteiger partial charge in [-0.1, -0.05) is 30.3 Å². The van der Waals surface area contributed by atoms with Crippen LogP contribution in [0.5, 0.6) is 0 Å². The van der Waals surface area contributed by atoms with Crippen LogP contribution in [0.1, 0.15) is 22.1 Å².